The first-order valence-electron chi connectivity index (χ1n) is 10.4. The quantitative estimate of drug-likeness (QED) is 0.272. The van der Waals surface area contributed by atoms with Gasteiger partial charge in [0.2, 0.25) is 0 Å². The predicted molar refractivity (Wildman–Crippen MR) is 129 cm³/mol. The van der Waals surface area contributed by atoms with E-state index >= 15 is 0 Å². The maximum absolute atomic E-state index is 13.3. The Balaban J connectivity index is 2.03. The minimum absolute atomic E-state index is 0.267. The van der Waals surface area contributed by atoms with Crippen LogP contribution >= 0.6 is 7.92 Å². The molecule has 0 aliphatic carbocycles. The Labute approximate surface area is 181 Å². The van der Waals surface area contributed by atoms with Gasteiger partial charge in [-0.25, -0.2) is 4.79 Å². The topological polar surface area (TPSA) is 26.3 Å². The van der Waals surface area contributed by atoms with Gasteiger partial charge in [-0.05, 0) is 47.8 Å². The second-order valence-electron chi connectivity index (χ2n) is 7.56. The molecule has 1 unspecified atom stereocenters. The normalized spacial score (nSPS) is 12.0. The molecule has 0 amide bonds. The van der Waals surface area contributed by atoms with E-state index in [4.69, 9.17) is 4.74 Å². The van der Waals surface area contributed by atoms with Crippen LogP contribution in [0.5, 0.6) is 0 Å². The summed E-state index contributed by atoms with van der Waals surface area (Å²) in [5.74, 6) is -0.0117. The van der Waals surface area contributed by atoms with E-state index in [1.807, 2.05) is 61.5 Å². The molecule has 0 aromatic heterocycles. The summed E-state index contributed by atoms with van der Waals surface area (Å²) in [5, 5.41) is 3.43. The Morgan fingerprint density at radius 1 is 0.867 bits per heavy atom. The third-order valence-electron chi connectivity index (χ3n) is 5.17. The molecule has 0 aliphatic rings. The lowest BCUT2D eigenvalue weighted by molar-refractivity contribution is 0.0355. The lowest BCUT2D eigenvalue weighted by atomic mass is 9.98. The van der Waals surface area contributed by atoms with Crippen LogP contribution in [-0.2, 0) is 4.74 Å². The Bertz CT molecular complexity index is 941. The Morgan fingerprint density at radius 3 is 1.87 bits per heavy atom. The van der Waals surface area contributed by atoms with E-state index in [-0.39, 0.29) is 18.0 Å². The number of hydrogen-bond donors (Lipinski definition) is 0. The number of carbonyl (C=O) groups excluding carboxylic acids is 1. The molecule has 3 aromatic rings. The van der Waals surface area contributed by atoms with Crippen molar-refractivity contribution in [2.75, 3.05) is 0 Å². The summed E-state index contributed by atoms with van der Waals surface area (Å²) in [5.41, 5.74) is 1.59. The number of hydrogen-bond acceptors (Lipinski definition) is 2. The fourth-order valence-corrected chi connectivity index (χ4v) is 5.85. The third-order valence-corrected chi connectivity index (χ3v) is 7.67. The van der Waals surface area contributed by atoms with Crippen LogP contribution in [0.3, 0.4) is 0 Å². The van der Waals surface area contributed by atoms with Gasteiger partial charge in [0.15, 0.2) is 0 Å². The summed E-state index contributed by atoms with van der Waals surface area (Å²) in [6, 6.07) is 28.6. The molecule has 2 nitrogen and oxygen atoms in total. The zero-order valence-electron chi connectivity index (χ0n) is 17.9. The third kappa shape index (κ3) is 5.07. The van der Waals surface area contributed by atoms with Gasteiger partial charge in [0.25, 0.3) is 0 Å². The highest BCUT2D eigenvalue weighted by Crippen LogP contribution is 2.34. The Morgan fingerprint density at radius 2 is 1.37 bits per heavy atom. The first kappa shape index (κ1) is 22.0. The molecule has 0 bridgehead atoms. The van der Waals surface area contributed by atoms with E-state index in [1.165, 1.54) is 10.6 Å². The van der Waals surface area contributed by atoms with Crippen molar-refractivity contribution in [2.45, 2.75) is 33.3 Å². The number of ether oxygens (including phenoxy) is 1. The van der Waals surface area contributed by atoms with Crippen LogP contribution in [0.4, 0.5) is 0 Å². The van der Waals surface area contributed by atoms with Crippen LogP contribution in [0.25, 0.3) is 0 Å². The van der Waals surface area contributed by atoms with E-state index in [2.05, 4.69) is 50.8 Å². The number of carbonyl (C=O) groups is 1. The van der Waals surface area contributed by atoms with Crippen molar-refractivity contribution in [2.24, 2.45) is 5.92 Å². The molecule has 3 heteroatoms. The maximum atomic E-state index is 13.3. The molecule has 3 rings (SSSR count). The molecule has 0 radical (unpaired) electrons. The highest BCUT2D eigenvalue weighted by atomic mass is 31.1. The first-order chi connectivity index (χ1) is 14.5. The lowest BCUT2D eigenvalue weighted by Gasteiger charge is -2.24. The van der Waals surface area contributed by atoms with Crippen LogP contribution in [-0.4, -0.2) is 12.1 Å². The number of benzene rings is 3. The van der Waals surface area contributed by atoms with Crippen LogP contribution in [0, 0.1) is 5.92 Å². The molecule has 30 heavy (non-hydrogen) atoms. The van der Waals surface area contributed by atoms with Crippen molar-refractivity contribution < 1.29 is 9.53 Å². The smallest absolute Gasteiger partial charge is 0.339 e. The van der Waals surface area contributed by atoms with Gasteiger partial charge in [-0.3, -0.25) is 0 Å². The molecule has 3 aromatic carbocycles. The Kier molecular flexibility index (Phi) is 7.60. The molecular formula is C27H29O2P. The lowest BCUT2D eigenvalue weighted by Crippen LogP contribution is -2.28. The monoisotopic (exact) mass is 416 g/mol. The number of rotatable bonds is 8. The molecule has 0 fully saturated rings. The zero-order valence-corrected chi connectivity index (χ0v) is 18.8. The minimum Gasteiger partial charge on any atom is -0.454 e. The maximum Gasteiger partial charge on any atom is 0.339 e. The molecule has 0 saturated heterocycles. The molecular weight excluding hydrogens is 387 g/mol. The summed E-state index contributed by atoms with van der Waals surface area (Å²) in [4.78, 5) is 13.3. The molecule has 0 spiro atoms. The van der Waals surface area contributed by atoms with Crippen LogP contribution in [0.2, 0.25) is 0 Å². The largest absolute Gasteiger partial charge is 0.454 e. The van der Waals surface area contributed by atoms with Gasteiger partial charge in [0.1, 0.15) is 6.10 Å². The Hall–Kier alpha value is -2.70. The molecule has 154 valence electrons. The fourth-order valence-electron chi connectivity index (χ4n) is 3.41. The number of esters is 1. The zero-order chi connectivity index (χ0) is 21.5. The van der Waals surface area contributed by atoms with E-state index < -0.39 is 7.92 Å². The van der Waals surface area contributed by atoms with Crippen molar-refractivity contribution in [1.29, 1.82) is 0 Å². The second kappa shape index (κ2) is 10.4. The second-order valence-corrected chi connectivity index (χ2v) is 9.74. The summed E-state index contributed by atoms with van der Waals surface area (Å²) < 4.78 is 5.94. The molecule has 0 heterocycles. The summed E-state index contributed by atoms with van der Waals surface area (Å²) in [7, 11) is -0.880. The van der Waals surface area contributed by atoms with Crippen LogP contribution < -0.4 is 15.9 Å². The highest BCUT2D eigenvalue weighted by molar-refractivity contribution is 7.80. The standard InChI is InChI=1S/C27H29O2P/c1-5-25(21(4)20(2)3)29-27(28)24-18-12-13-19-26(24)30(22-14-8-6-9-15-22)23-16-10-7-11-17-23/h6-20,25H,4-5H2,1-3H3. The van der Waals surface area contributed by atoms with E-state index in [9.17, 15) is 4.79 Å². The van der Waals surface area contributed by atoms with E-state index in [0.717, 1.165) is 17.3 Å². The SMILES string of the molecule is C=C(C(C)C)C(CC)OC(=O)c1ccccc1P(c1ccccc1)c1ccccc1. The van der Waals surface area contributed by atoms with Gasteiger partial charge in [0, 0.05) is 0 Å². The van der Waals surface area contributed by atoms with E-state index in [1.54, 1.807) is 0 Å². The van der Waals surface area contributed by atoms with E-state index in [0.29, 0.717) is 5.56 Å². The highest BCUT2D eigenvalue weighted by Gasteiger charge is 2.25. The van der Waals surface area contributed by atoms with Gasteiger partial charge in [-0.1, -0.05) is 106 Å². The molecule has 0 N–H and O–H groups in total. The molecule has 1 atom stereocenters. The molecule has 0 saturated carbocycles. The van der Waals surface area contributed by atoms with Crippen LogP contribution in [0.1, 0.15) is 37.6 Å². The predicted octanol–water partition coefficient (Wildman–Crippen LogP) is 5.59. The minimum atomic E-state index is -0.880. The average Bonchev–Trinajstić information content (AvgIpc) is 2.79. The van der Waals surface area contributed by atoms with Gasteiger partial charge in [-0.15, -0.1) is 0 Å². The summed E-state index contributed by atoms with van der Waals surface area (Å²) in [6.07, 6.45) is 0.446. The summed E-state index contributed by atoms with van der Waals surface area (Å²) >= 11 is 0. The first-order valence-corrected chi connectivity index (χ1v) is 11.8. The van der Waals surface area contributed by atoms with Crippen molar-refractivity contribution in [3.05, 3.63) is 103 Å². The van der Waals surface area contributed by atoms with Gasteiger partial charge in [0.05, 0.1) is 5.56 Å². The van der Waals surface area contributed by atoms with Crippen LogP contribution in [0.15, 0.2) is 97.1 Å². The van der Waals surface area contributed by atoms with Gasteiger partial charge < -0.3 is 4.74 Å². The summed E-state index contributed by atoms with van der Waals surface area (Å²) in [6.45, 7) is 10.3. The van der Waals surface area contributed by atoms with Gasteiger partial charge >= 0.3 is 5.97 Å². The van der Waals surface area contributed by atoms with Gasteiger partial charge in [-0.2, -0.15) is 0 Å². The van der Waals surface area contributed by atoms with Crippen molar-refractivity contribution in [3.63, 3.8) is 0 Å². The van der Waals surface area contributed by atoms with Crippen molar-refractivity contribution in [3.8, 4) is 0 Å². The fraction of sp³-hybridized carbons (Fsp3) is 0.222. The van der Waals surface area contributed by atoms with Crippen molar-refractivity contribution >= 4 is 29.8 Å². The average molecular weight is 417 g/mol. The molecule has 0 aliphatic heterocycles. The van der Waals surface area contributed by atoms with Crippen molar-refractivity contribution in [1.82, 2.24) is 0 Å².